The number of carbonyl (C=O) groups excluding carboxylic acids is 1. The molecule has 0 fully saturated rings. The number of carbonyl (C=O) groups is 1. The molecule has 0 aliphatic carbocycles. The van der Waals surface area contributed by atoms with Gasteiger partial charge in [0.15, 0.2) is 17.9 Å². The van der Waals surface area contributed by atoms with Gasteiger partial charge in [-0.2, -0.15) is 0 Å². The van der Waals surface area contributed by atoms with E-state index in [2.05, 4.69) is 4.74 Å². The van der Waals surface area contributed by atoms with Crippen LogP contribution in [0.15, 0.2) is 0 Å². The van der Waals surface area contributed by atoms with Crippen LogP contribution >= 0.6 is 0 Å². The zero-order valence-electron chi connectivity index (χ0n) is 8.23. The predicted molar refractivity (Wildman–Crippen MR) is 47.2 cm³/mol. The fourth-order valence-electron chi connectivity index (χ4n) is 1.27. The van der Waals surface area contributed by atoms with E-state index in [1.165, 1.54) is 14.0 Å². The molecule has 1 rings (SSSR count). The summed E-state index contributed by atoms with van der Waals surface area (Å²) in [6.07, 6.45) is 0.0907. The Hall–Kier alpha value is -1.36. The fraction of sp³-hybridized carbons (Fsp3) is 0.300. The number of hydrogen-bond donors (Lipinski definition) is 0. The highest BCUT2D eigenvalue weighted by Gasteiger charge is 2.21. The highest BCUT2D eigenvalue weighted by atomic mass is 19.2. The normalized spacial score (nSPS) is 10.5. The van der Waals surface area contributed by atoms with Crippen molar-refractivity contribution in [2.75, 3.05) is 7.11 Å². The largest absolute Gasteiger partial charge is 0.380 e. The van der Waals surface area contributed by atoms with E-state index < -0.39 is 28.6 Å². The first-order chi connectivity index (χ1) is 7.04. The van der Waals surface area contributed by atoms with Gasteiger partial charge in [0.05, 0.1) is 17.7 Å². The van der Waals surface area contributed by atoms with Gasteiger partial charge in [-0.25, -0.2) is 13.2 Å². The molecule has 82 valence electrons. The average Bonchev–Trinajstić information content (AvgIpc) is 2.23. The zero-order valence-corrected chi connectivity index (χ0v) is 8.23. The number of benzene rings is 1. The van der Waals surface area contributed by atoms with Gasteiger partial charge in [-0.3, -0.25) is 4.79 Å². The standard InChI is InChI=1S/C10H9F3O2/c1-5-6(3-14)9(12)10(13)7(4-15-2)8(5)11/h3H,4H2,1-2H3. The molecule has 0 N–H and O–H groups in total. The Bertz CT molecular complexity index is 373. The first kappa shape index (κ1) is 11.7. The van der Waals surface area contributed by atoms with Crippen LogP contribution in [0.3, 0.4) is 0 Å². The molecule has 0 saturated carbocycles. The van der Waals surface area contributed by atoms with Crippen molar-refractivity contribution in [3.63, 3.8) is 0 Å². The topological polar surface area (TPSA) is 26.3 Å². The number of halogens is 3. The summed E-state index contributed by atoms with van der Waals surface area (Å²) in [6, 6.07) is 0. The minimum Gasteiger partial charge on any atom is -0.380 e. The minimum atomic E-state index is -1.37. The Morgan fingerprint density at radius 1 is 1.20 bits per heavy atom. The van der Waals surface area contributed by atoms with Crippen LogP contribution in [0.25, 0.3) is 0 Å². The first-order valence-corrected chi connectivity index (χ1v) is 4.14. The summed E-state index contributed by atoms with van der Waals surface area (Å²) in [7, 11) is 1.24. The summed E-state index contributed by atoms with van der Waals surface area (Å²) >= 11 is 0. The molecule has 2 nitrogen and oxygen atoms in total. The maximum absolute atomic E-state index is 13.4. The molecule has 5 heteroatoms. The number of methoxy groups -OCH3 is 1. The maximum Gasteiger partial charge on any atom is 0.170 e. The molecule has 0 spiro atoms. The van der Waals surface area contributed by atoms with Crippen LogP contribution in [0.2, 0.25) is 0 Å². The van der Waals surface area contributed by atoms with Crippen LogP contribution in [0.4, 0.5) is 13.2 Å². The van der Waals surface area contributed by atoms with Crippen molar-refractivity contribution in [1.82, 2.24) is 0 Å². The molecule has 1 aromatic rings. The number of ether oxygens (including phenoxy) is 1. The van der Waals surface area contributed by atoms with Gasteiger partial charge >= 0.3 is 0 Å². The van der Waals surface area contributed by atoms with E-state index in [1.807, 2.05) is 0 Å². The monoisotopic (exact) mass is 218 g/mol. The second-order valence-electron chi connectivity index (χ2n) is 3.01. The molecule has 0 aliphatic heterocycles. The van der Waals surface area contributed by atoms with Gasteiger partial charge in [0.1, 0.15) is 5.82 Å². The van der Waals surface area contributed by atoms with Gasteiger partial charge in [0.25, 0.3) is 0 Å². The molecule has 0 aliphatic rings. The second-order valence-corrected chi connectivity index (χ2v) is 3.01. The van der Waals surface area contributed by atoms with Gasteiger partial charge in [0, 0.05) is 7.11 Å². The van der Waals surface area contributed by atoms with Gasteiger partial charge in [0.2, 0.25) is 0 Å². The van der Waals surface area contributed by atoms with E-state index in [4.69, 9.17) is 0 Å². The van der Waals surface area contributed by atoms with E-state index in [1.54, 1.807) is 0 Å². The lowest BCUT2D eigenvalue weighted by Gasteiger charge is -2.09. The number of rotatable bonds is 3. The van der Waals surface area contributed by atoms with Crippen LogP contribution < -0.4 is 0 Å². The molecule has 0 unspecified atom stereocenters. The Kier molecular flexibility index (Phi) is 3.47. The molecular weight excluding hydrogens is 209 g/mol. The summed E-state index contributed by atoms with van der Waals surface area (Å²) in [4.78, 5) is 10.4. The predicted octanol–water partition coefficient (Wildman–Crippen LogP) is 2.37. The Balaban J connectivity index is 3.51. The lowest BCUT2D eigenvalue weighted by molar-refractivity contribution is 0.111. The Morgan fingerprint density at radius 3 is 2.27 bits per heavy atom. The van der Waals surface area contributed by atoms with Crippen molar-refractivity contribution in [3.05, 3.63) is 34.1 Å². The molecule has 0 aromatic heterocycles. The smallest absolute Gasteiger partial charge is 0.170 e. The molecular formula is C10H9F3O2. The first-order valence-electron chi connectivity index (χ1n) is 4.14. The highest BCUT2D eigenvalue weighted by Crippen LogP contribution is 2.24. The Morgan fingerprint density at radius 2 is 1.80 bits per heavy atom. The summed E-state index contributed by atoms with van der Waals surface area (Å²) in [5, 5.41) is 0. The van der Waals surface area contributed by atoms with Crippen LogP contribution in [-0.4, -0.2) is 13.4 Å². The van der Waals surface area contributed by atoms with Crippen LogP contribution in [0.5, 0.6) is 0 Å². The maximum atomic E-state index is 13.4. The van der Waals surface area contributed by atoms with Crippen molar-refractivity contribution in [2.24, 2.45) is 0 Å². The highest BCUT2D eigenvalue weighted by molar-refractivity contribution is 5.78. The SMILES string of the molecule is COCc1c(F)c(C)c(C=O)c(F)c1F. The van der Waals surface area contributed by atoms with Crippen LogP contribution in [-0.2, 0) is 11.3 Å². The Labute approximate surface area is 84.7 Å². The lowest BCUT2D eigenvalue weighted by Crippen LogP contribution is -2.08. The van der Waals surface area contributed by atoms with E-state index in [-0.39, 0.29) is 18.5 Å². The fourth-order valence-corrected chi connectivity index (χ4v) is 1.27. The quantitative estimate of drug-likeness (QED) is 0.575. The summed E-state index contributed by atoms with van der Waals surface area (Å²) < 4.78 is 44.4. The van der Waals surface area contributed by atoms with E-state index in [0.717, 1.165) is 0 Å². The molecule has 0 atom stereocenters. The van der Waals surface area contributed by atoms with Gasteiger partial charge < -0.3 is 4.74 Å². The zero-order chi connectivity index (χ0) is 11.6. The molecule has 0 saturated heterocycles. The molecule has 0 heterocycles. The number of aldehydes is 1. The van der Waals surface area contributed by atoms with Gasteiger partial charge in [-0.1, -0.05) is 0 Å². The third-order valence-electron chi connectivity index (χ3n) is 2.10. The molecule has 0 bridgehead atoms. The van der Waals surface area contributed by atoms with Crippen molar-refractivity contribution in [1.29, 1.82) is 0 Å². The molecule has 1 aromatic carbocycles. The average molecular weight is 218 g/mol. The van der Waals surface area contributed by atoms with Crippen molar-refractivity contribution in [3.8, 4) is 0 Å². The van der Waals surface area contributed by atoms with Crippen molar-refractivity contribution >= 4 is 6.29 Å². The number of hydrogen-bond acceptors (Lipinski definition) is 2. The van der Waals surface area contributed by atoms with E-state index in [0.29, 0.717) is 0 Å². The van der Waals surface area contributed by atoms with Gasteiger partial charge in [-0.15, -0.1) is 0 Å². The molecule has 15 heavy (non-hydrogen) atoms. The second kappa shape index (κ2) is 4.44. The van der Waals surface area contributed by atoms with Gasteiger partial charge in [-0.05, 0) is 12.5 Å². The summed E-state index contributed by atoms with van der Waals surface area (Å²) in [5.41, 5.74) is -1.31. The minimum absolute atomic E-state index is 0.0907. The molecule has 0 amide bonds. The van der Waals surface area contributed by atoms with Crippen LogP contribution in [0.1, 0.15) is 21.5 Å². The van der Waals surface area contributed by atoms with E-state index in [9.17, 15) is 18.0 Å². The van der Waals surface area contributed by atoms with Crippen LogP contribution in [0, 0.1) is 24.4 Å². The summed E-state index contributed by atoms with van der Waals surface area (Å²) in [5.74, 6) is -3.66. The third-order valence-corrected chi connectivity index (χ3v) is 2.10. The lowest BCUT2D eigenvalue weighted by atomic mass is 10.0. The van der Waals surface area contributed by atoms with Crippen molar-refractivity contribution in [2.45, 2.75) is 13.5 Å². The third kappa shape index (κ3) is 1.87. The van der Waals surface area contributed by atoms with E-state index >= 15 is 0 Å². The van der Waals surface area contributed by atoms with Crippen molar-refractivity contribution < 1.29 is 22.7 Å². The molecule has 0 radical (unpaired) electrons. The summed E-state index contributed by atoms with van der Waals surface area (Å²) in [6.45, 7) is 0.829.